The van der Waals surface area contributed by atoms with E-state index in [1.54, 1.807) is 18.4 Å². The van der Waals surface area contributed by atoms with Crippen LogP contribution in [0.25, 0.3) is 0 Å². The molecule has 2 aromatic rings. The molecule has 0 bridgehead atoms. The number of hydrogen-bond acceptors (Lipinski definition) is 4. The third-order valence-corrected chi connectivity index (χ3v) is 4.14. The monoisotopic (exact) mass is 310 g/mol. The first-order valence-corrected chi connectivity index (χ1v) is 7.94. The molecule has 0 aliphatic carbocycles. The zero-order valence-electron chi connectivity index (χ0n) is 11.5. The lowest BCUT2D eigenvalue weighted by molar-refractivity contribution is 0.199. The first-order chi connectivity index (χ1) is 9.81. The molecule has 0 radical (unpaired) electrons. The van der Waals surface area contributed by atoms with Gasteiger partial charge in [-0.3, -0.25) is 0 Å². The van der Waals surface area contributed by atoms with Crippen molar-refractivity contribution in [1.29, 1.82) is 0 Å². The molecule has 1 aromatic carbocycles. The van der Waals surface area contributed by atoms with E-state index in [2.05, 4.69) is 21.7 Å². The van der Waals surface area contributed by atoms with Gasteiger partial charge in [0.1, 0.15) is 0 Å². The van der Waals surface area contributed by atoms with Crippen LogP contribution in [-0.2, 0) is 11.2 Å². The Labute approximate surface area is 129 Å². The Morgan fingerprint density at radius 2 is 2.25 bits per heavy atom. The average molecular weight is 311 g/mol. The summed E-state index contributed by atoms with van der Waals surface area (Å²) in [7, 11) is 1.71. The minimum Gasteiger partial charge on any atom is -0.383 e. The van der Waals surface area contributed by atoms with Crippen LogP contribution in [0.15, 0.2) is 35.2 Å². The van der Waals surface area contributed by atoms with Crippen molar-refractivity contribution >= 4 is 22.9 Å². The van der Waals surface area contributed by atoms with Gasteiger partial charge in [-0.25, -0.2) is 4.98 Å². The van der Waals surface area contributed by atoms with Gasteiger partial charge in [0.05, 0.1) is 17.8 Å². The second kappa shape index (κ2) is 8.37. The molecule has 1 N–H and O–H groups in total. The highest BCUT2D eigenvalue weighted by molar-refractivity contribution is 7.07. The number of hydrogen-bond donors (Lipinski definition) is 1. The summed E-state index contributed by atoms with van der Waals surface area (Å²) in [5.41, 5.74) is 4.16. The molecule has 2 rings (SSSR count). The summed E-state index contributed by atoms with van der Waals surface area (Å²) >= 11 is 7.96. The predicted molar refractivity (Wildman–Crippen MR) is 84.8 cm³/mol. The summed E-state index contributed by atoms with van der Waals surface area (Å²) < 4.78 is 5.06. The fraction of sp³-hybridized carbons (Fsp3) is 0.400. The SMILES string of the molecule is COCCNCC(Cc1cscn1)c1ccccc1Cl. The largest absolute Gasteiger partial charge is 0.383 e. The van der Waals surface area contributed by atoms with Crippen LogP contribution < -0.4 is 5.32 Å². The van der Waals surface area contributed by atoms with Crippen LogP contribution in [0, 0.1) is 0 Å². The van der Waals surface area contributed by atoms with Gasteiger partial charge in [-0.05, 0) is 18.1 Å². The Hall–Kier alpha value is -0.940. The second-order valence-corrected chi connectivity index (χ2v) is 5.73. The number of thiazole rings is 1. The molecule has 0 fully saturated rings. The molecule has 0 aliphatic heterocycles. The van der Waals surface area contributed by atoms with Crippen LogP contribution in [0.2, 0.25) is 5.02 Å². The number of nitrogens with zero attached hydrogens (tertiary/aromatic N) is 1. The van der Waals surface area contributed by atoms with Crippen LogP contribution in [0.3, 0.4) is 0 Å². The molecule has 0 saturated carbocycles. The normalized spacial score (nSPS) is 12.5. The smallest absolute Gasteiger partial charge is 0.0794 e. The second-order valence-electron chi connectivity index (χ2n) is 4.60. The minimum absolute atomic E-state index is 0.322. The Bertz CT molecular complexity index is 504. The quantitative estimate of drug-likeness (QED) is 0.759. The standard InChI is InChI=1S/C15H19ClN2OS/c1-19-7-6-17-9-12(8-13-10-20-11-18-13)14-4-2-3-5-15(14)16/h2-5,10-12,17H,6-9H2,1H3. The van der Waals surface area contributed by atoms with Crippen molar-refractivity contribution in [3.8, 4) is 0 Å². The molecule has 0 spiro atoms. The molecule has 0 amide bonds. The van der Waals surface area contributed by atoms with Crippen LogP contribution in [0.4, 0.5) is 0 Å². The summed E-state index contributed by atoms with van der Waals surface area (Å²) in [6.45, 7) is 2.42. The molecule has 20 heavy (non-hydrogen) atoms. The molecule has 0 saturated heterocycles. The number of rotatable bonds is 8. The maximum absolute atomic E-state index is 6.33. The number of aromatic nitrogens is 1. The van der Waals surface area contributed by atoms with E-state index < -0.39 is 0 Å². The maximum atomic E-state index is 6.33. The van der Waals surface area contributed by atoms with E-state index >= 15 is 0 Å². The van der Waals surface area contributed by atoms with Gasteiger partial charge in [0.15, 0.2) is 0 Å². The Morgan fingerprint density at radius 1 is 1.40 bits per heavy atom. The lowest BCUT2D eigenvalue weighted by atomic mass is 9.94. The van der Waals surface area contributed by atoms with Gasteiger partial charge in [-0.1, -0.05) is 29.8 Å². The van der Waals surface area contributed by atoms with Gasteiger partial charge in [0.2, 0.25) is 0 Å². The third kappa shape index (κ3) is 4.56. The average Bonchev–Trinajstić information content (AvgIpc) is 2.96. The molecular formula is C15H19ClN2OS. The fourth-order valence-electron chi connectivity index (χ4n) is 2.14. The van der Waals surface area contributed by atoms with Crippen LogP contribution in [0.1, 0.15) is 17.2 Å². The first-order valence-electron chi connectivity index (χ1n) is 6.62. The lowest BCUT2D eigenvalue weighted by Crippen LogP contribution is -2.26. The number of halogens is 1. The van der Waals surface area contributed by atoms with Crippen molar-refractivity contribution in [2.75, 3.05) is 26.8 Å². The third-order valence-electron chi connectivity index (χ3n) is 3.16. The Balaban J connectivity index is 2.05. The predicted octanol–water partition coefficient (Wildman–Crippen LogP) is 3.36. The van der Waals surface area contributed by atoms with Crippen molar-refractivity contribution in [2.24, 2.45) is 0 Å². The summed E-state index contributed by atoms with van der Waals surface area (Å²) in [6, 6.07) is 8.03. The maximum Gasteiger partial charge on any atom is 0.0794 e. The summed E-state index contributed by atoms with van der Waals surface area (Å²) in [5, 5.41) is 6.33. The number of methoxy groups -OCH3 is 1. The topological polar surface area (TPSA) is 34.1 Å². The van der Waals surface area contributed by atoms with Crippen molar-refractivity contribution in [2.45, 2.75) is 12.3 Å². The molecule has 1 heterocycles. The van der Waals surface area contributed by atoms with Crippen molar-refractivity contribution in [3.63, 3.8) is 0 Å². The summed E-state index contributed by atoms with van der Waals surface area (Å²) in [4.78, 5) is 4.38. The number of benzene rings is 1. The minimum atomic E-state index is 0.322. The van der Waals surface area contributed by atoms with Gasteiger partial charge in [0.25, 0.3) is 0 Å². The van der Waals surface area contributed by atoms with Crippen LogP contribution in [0.5, 0.6) is 0 Å². The molecule has 1 aromatic heterocycles. The molecule has 0 aliphatic rings. The van der Waals surface area contributed by atoms with E-state index in [1.807, 2.05) is 23.7 Å². The highest BCUT2D eigenvalue weighted by atomic mass is 35.5. The molecular weight excluding hydrogens is 292 g/mol. The lowest BCUT2D eigenvalue weighted by Gasteiger charge is -2.18. The molecule has 5 heteroatoms. The van der Waals surface area contributed by atoms with Gasteiger partial charge in [-0.2, -0.15) is 0 Å². The summed E-state index contributed by atoms with van der Waals surface area (Å²) in [5.74, 6) is 0.322. The molecule has 108 valence electrons. The van der Waals surface area contributed by atoms with Crippen molar-refractivity contribution < 1.29 is 4.74 Å². The van der Waals surface area contributed by atoms with Crippen molar-refractivity contribution in [3.05, 3.63) is 51.4 Å². The molecule has 1 atom stereocenters. The van der Waals surface area contributed by atoms with E-state index in [1.165, 1.54) is 5.56 Å². The zero-order chi connectivity index (χ0) is 14.2. The van der Waals surface area contributed by atoms with Crippen molar-refractivity contribution in [1.82, 2.24) is 10.3 Å². The van der Waals surface area contributed by atoms with E-state index in [0.717, 1.165) is 30.2 Å². The molecule has 1 unspecified atom stereocenters. The number of ether oxygens (including phenoxy) is 1. The van der Waals surface area contributed by atoms with Gasteiger partial charge in [-0.15, -0.1) is 11.3 Å². The Kier molecular flexibility index (Phi) is 6.47. The van der Waals surface area contributed by atoms with E-state index in [4.69, 9.17) is 16.3 Å². The molecule has 3 nitrogen and oxygen atoms in total. The zero-order valence-corrected chi connectivity index (χ0v) is 13.1. The highest BCUT2D eigenvalue weighted by Gasteiger charge is 2.15. The summed E-state index contributed by atoms with van der Waals surface area (Å²) in [6.07, 6.45) is 0.896. The fourth-order valence-corrected chi connectivity index (χ4v) is 3.00. The van der Waals surface area contributed by atoms with Gasteiger partial charge in [0, 0.05) is 36.5 Å². The van der Waals surface area contributed by atoms with E-state index in [9.17, 15) is 0 Å². The highest BCUT2D eigenvalue weighted by Crippen LogP contribution is 2.27. The first kappa shape index (κ1) is 15.4. The van der Waals surface area contributed by atoms with Gasteiger partial charge >= 0.3 is 0 Å². The number of nitrogens with one attached hydrogen (secondary N) is 1. The van der Waals surface area contributed by atoms with Gasteiger partial charge < -0.3 is 10.1 Å². The van der Waals surface area contributed by atoms with E-state index in [0.29, 0.717) is 12.5 Å². The van der Waals surface area contributed by atoms with Crippen LogP contribution >= 0.6 is 22.9 Å². The Morgan fingerprint density at radius 3 is 2.95 bits per heavy atom. The van der Waals surface area contributed by atoms with E-state index in [-0.39, 0.29) is 0 Å². The van der Waals surface area contributed by atoms with Crippen LogP contribution in [-0.4, -0.2) is 31.8 Å².